The zero-order valence-electron chi connectivity index (χ0n) is 9.94. The van der Waals surface area contributed by atoms with E-state index in [1.807, 2.05) is 0 Å². The lowest BCUT2D eigenvalue weighted by Crippen LogP contribution is -2.37. The van der Waals surface area contributed by atoms with Crippen molar-refractivity contribution in [2.24, 2.45) is 0 Å². The molecule has 0 heterocycles. The summed E-state index contributed by atoms with van der Waals surface area (Å²) in [6.45, 7) is -0.197. The van der Waals surface area contributed by atoms with E-state index in [2.05, 4.69) is 27.2 Å². The third kappa shape index (κ3) is 3.76. The van der Waals surface area contributed by atoms with Crippen LogP contribution < -0.4 is 10.1 Å². The van der Waals surface area contributed by atoms with Crippen LogP contribution >= 0.6 is 15.9 Å². The third-order valence-corrected chi connectivity index (χ3v) is 3.03. The summed E-state index contributed by atoms with van der Waals surface area (Å²) in [4.78, 5) is 12.0. The van der Waals surface area contributed by atoms with Crippen molar-refractivity contribution in [3.05, 3.63) is 28.2 Å². The average Bonchev–Trinajstić information content (AvgIpc) is 2.38. The number of hydrogen-bond acceptors (Lipinski definition) is 3. The second kappa shape index (κ2) is 7.04. The van der Waals surface area contributed by atoms with Gasteiger partial charge in [-0.3, -0.25) is 4.79 Å². The fraction of sp³-hybridized carbons (Fsp3) is 0.308. The molecule has 5 heteroatoms. The number of carbonyl (C=O) groups is 1. The minimum atomic E-state index is -0.444. The Morgan fingerprint density at radius 3 is 2.94 bits per heavy atom. The highest BCUT2D eigenvalue weighted by Crippen LogP contribution is 2.22. The SMILES string of the molecule is C#CCC(CO)NC(=O)c1cc(OC)ccc1Br. The van der Waals surface area contributed by atoms with Crippen LogP contribution in [0, 0.1) is 12.3 Å². The maximum atomic E-state index is 12.0. The van der Waals surface area contributed by atoms with E-state index in [9.17, 15) is 4.79 Å². The van der Waals surface area contributed by atoms with Crippen LogP contribution in [0.5, 0.6) is 5.75 Å². The molecule has 1 atom stereocenters. The van der Waals surface area contributed by atoms with Crippen LogP contribution in [0.3, 0.4) is 0 Å². The van der Waals surface area contributed by atoms with Crippen molar-refractivity contribution in [1.29, 1.82) is 0 Å². The third-order valence-electron chi connectivity index (χ3n) is 2.34. The molecule has 0 spiro atoms. The predicted octanol–water partition coefficient (Wildman–Crippen LogP) is 1.57. The molecule has 1 aromatic carbocycles. The summed E-state index contributed by atoms with van der Waals surface area (Å²) in [5, 5.41) is 11.7. The number of rotatable bonds is 5. The molecule has 4 nitrogen and oxygen atoms in total. The van der Waals surface area contributed by atoms with Crippen molar-refractivity contribution in [3.8, 4) is 18.1 Å². The van der Waals surface area contributed by atoms with Gasteiger partial charge in [-0.25, -0.2) is 0 Å². The molecule has 1 amide bonds. The molecule has 1 rings (SSSR count). The number of hydrogen-bond donors (Lipinski definition) is 2. The number of halogens is 1. The van der Waals surface area contributed by atoms with Crippen molar-refractivity contribution in [3.63, 3.8) is 0 Å². The molecule has 1 aromatic rings. The van der Waals surface area contributed by atoms with Gasteiger partial charge in [0.1, 0.15) is 5.75 Å². The molecule has 0 aromatic heterocycles. The summed E-state index contributed by atoms with van der Waals surface area (Å²) in [7, 11) is 1.53. The predicted molar refractivity (Wildman–Crippen MR) is 72.5 cm³/mol. The first-order chi connectivity index (χ1) is 8.62. The van der Waals surface area contributed by atoms with Crippen molar-refractivity contribution in [2.45, 2.75) is 12.5 Å². The Hall–Kier alpha value is -1.51. The summed E-state index contributed by atoms with van der Waals surface area (Å²) in [5.74, 6) is 2.68. The highest BCUT2D eigenvalue weighted by Gasteiger charge is 2.15. The van der Waals surface area contributed by atoms with Crippen LogP contribution in [0.1, 0.15) is 16.8 Å². The molecular formula is C13H14BrNO3. The summed E-state index contributed by atoms with van der Waals surface area (Å²) >= 11 is 3.29. The topological polar surface area (TPSA) is 58.6 Å². The smallest absolute Gasteiger partial charge is 0.252 e. The Bertz CT molecular complexity index is 468. The summed E-state index contributed by atoms with van der Waals surface area (Å²) in [6, 6.07) is 4.64. The molecule has 96 valence electrons. The number of benzene rings is 1. The van der Waals surface area contributed by atoms with E-state index in [-0.39, 0.29) is 18.9 Å². The lowest BCUT2D eigenvalue weighted by atomic mass is 10.1. The number of aliphatic hydroxyl groups excluding tert-OH is 1. The molecule has 0 saturated heterocycles. The first kappa shape index (κ1) is 14.6. The van der Waals surface area contributed by atoms with Gasteiger partial charge in [0.05, 0.1) is 25.3 Å². The fourth-order valence-corrected chi connectivity index (χ4v) is 1.80. The molecule has 2 N–H and O–H groups in total. The van der Waals surface area contributed by atoms with Gasteiger partial charge in [-0.15, -0.1) is 12.3 Å². The van der Waals surface area contributed by atoms with Gasteiger partial charge in [0.2, 0.25) is 0 Å². The zero-order valence-corrected chi connectivity index (χ0v) is 11.5. The number of terminal acetylenes is 1. The fourth-order valence-electron chi connectivity index (χ4n) is 1.37. The zero-order chi connectivity index (χ0) is 13.5. The Morgan fingerprint density at radius 2 is 2.39 bits per heavy atom. The highest BCUT2D eigenvalue weighted by molar-refractivity contribution is 9.10. The molecule has 0 aliphatic rings. The Morgan fingerprint density at radius 1 is 1.67 bits per heavy atom. The Labute approximate surface area is 114 Å². The van der Waals surface area contributed by atoms with Crippen LogP contribution in [-0.4, -0.2) is 30.8 Å². The van der Waals surface area contributed by atoms with E-state index in [0.717, 1.165) is 0 Å². The van der Waals surface area contributed by atoms with E-state index >= 15 is 0 Å². The molecule has 18 heavy (non-hydrogen) atoms. The van der Waals surface area contributed by atoms with Crippen molar-refractivity contribution in [2.75, 3.05) is 13.7 Å². The summed E-state index contributed by atoms with van der Waals surface area (Å²) in [5.41, 5.74) is 0.435. The lowest BCUT2D eigenvalue weighted by Gasteiger charge is -2.14. The molecule has 0 aliphatic carbocycles. The van der Waals surface area contributed by atoms with E-state index in [1.54, 1.807) is 18.2 Å². The molecule has 0 fully saturated rings. The molecule has 0 bridgehead atoms. The van der Waals surface area contributed by atoms with Gasteiger partial charge in [-0.05, 0) is 34.1 Å². The average molecular weight is 312 g/mol. The lowest BCUT2D eigenvalue weighted by molar-refractivity contribution is 0.0917. The first-order valence-electron chi connectivity index (χ1n) is 5.31. The number of amides is 1. The second-order valence-corrected chi connectivity index (χ2v) is 4.46. The van der Waals surface area contributed by atoms with E-state index in [4.69, 9.17) is 16.3 Å². The van der Waals surface area contributed by atoms with Gasteiger partial charge in [0.15, 0.2) is 0 Å². The Kier molecular flexibility index (Phi) is 5.69. The molecule has 0 saturated carbocycles. The van der Waals surface area contributed by atoms with Crippen LogP contribution in [-0.2, 0) is 0 Å². The van der Waals surface area contributed by atoms with Crippen molar-refractivity contribution >= 4 is 21.8 Å². The van der Waals surface area contributed by atoms with Gasteiger partial charge in [-0.1, -0.05) is 0 Å². The van der Waals surface area contributed by atoms with Crippen LogP contribution in [0.15, 0.2) is 22.7 Å². The monoisotopic (exact) mass is 311 g/mol. The minimum absolute atomic E-state index is 0.197. The number of carbonyl (C=O) groups excluding carboxylic acids is 1. The van der Waals surface area contributed by atoms with Crippen LogP contribution in [0.25, 0.3) is 0 Å². The maximum Gasteiger partial charge on any atom is 0.252 e. The van der Waals surface area contributed by atoms with Crippen molar-refractivity contribution < 1.29 is 14.6 Å². The summed E-state index contributed by atoms with van der Waals surface area (Å²) in [6.07, 6.45) is 5.43. The Balaban J connectivity index is 2.86. The standard InChI is InChI=1S/C13H14BrNO3/c1-3-4-9(8-16)15-13(17)11-7-10(18-2)5-6-12(11)14/h1,5-7,9,16H,4,8H2,2H3,(H,15,17). The van der Waals surface area contributed by atoms with E-state index in [1.165, 1.54) is 7.11 Å². The molecular weight excluding hydrogens is 298 g/mol. The number of methoxy groups -OCH3 is 1. The van der Waals surface area contributed by atoms with Gasteiger partial charge >= 0.3 is 0 Å². The first-order valence-corrected chi connectivity index (χ1v) is 6.10. The summed E-state index contributed by atoms with van der Waals surface area (Å²) < 4.78 is 5.71. The number of nitrogens with one attached hydrogen (secondary N) is 1. The van der Waals surface area contributed by atoms with E-state index < -0.39 is 6.04 Å². The number of aliphatic hydroxyl groups is 1. The number of ether oxygens (including phenoxy) is 1. The maximum absolute atomic E-state index is 12.0. The normalized spacial score (nSPS) is 11.4. The quantitative estimate of drug-likeness (QED) is 0.812. The van der Waals surface area contributed by atoms with E-state index in [0.29, 0.717) is 15.8 Å². The molecule has 0 aliphatic heterocycles. The van der Waals surface area contributed by atoms with Crippen LogP contribution in [0.4, 0.5) is 0 Å². The van der Waals surface area contributed by atoms with Crippen molar-refractivity contribution in [1.82, 2.24) is 5.32 Å². The van der Waals surface area contributed by atoms with Gasteiger partial charge < -0.3 is 15.2 Å². The van der Waals surface area contributed by atoms with Gasteiger partial charge in [0.25, 0.3) is 5.91 Å². The second-order valence-electron chi connectivity index (χ2n) is 3.61. The minimum Gasteiger partial charge on any atom is -0.497 e. The highest BCUT2D eigenvalue weighted by atomic mass is 79.9. The molecule has 0 radical (unpaired) electrons. The van der Waals surface area contributed by atoms with Crippen LogP contribution in [0.2, 0.25) is 0 Å². The molecule has 1 unspecified atom stereocenters. The van der Waals surface area contributed by atoms with Gasteiger partial charge in [0, 0.05) is 10.9 Å². The van der Waals surface area contributed by atoms with Gasteiger partial charge in [-0.2, -0.15) is 0 Å². The largest absolute Gasteiger partial charge is 0.497 e.